The van der Waals surface area contributed by atoms with Crippen molar-refractivity contribution in [3.63, 3.8) is 0 Å². The number of hydrogen-bond acceptors (Lipinski definition) is 4. The highest BCUT2D eigenvalue weighted by atomic mass is 32.1. The monoisotopic (exact) mass is 303 g/mol. The molecule has 0 atom stereocenters. The zero-order valence-corrected chi connectivity index (χ0v) is 12.0. The summed E-state index contributed by atoms with van der Waals surface area (Å²) in [6.07, 6.45) is 0. The number of benzene rings is 1. The lowest BCUT2D eigenvalue weighted by atomic mass is 10.2. The van der Waals surface area contributed by atoms with Crippen molar-refractivity contribution in [3.8, 4) is 0 Å². The Bertz CT molecular complexity index is 668. The zero-order chi connectivity index (χ0) is 15.2. The second-order valence-electron chi connectivity index (χ2n) is 4.21. The molecule has 6 nitrogen and oxygen atoms in total. The van der Waals surface area contributed by atoms with Crippen molar-refractivity contribution in [3.05, 3.63) is 52.2 Å². The minimum atomic E-state index is -0.943. The number of anilines is 1. The summed E-state index contributed by atoms with van der Waals surface area (Å²) in [5.41, 5.74) is 5.71. The molecule has 0 unspecified atom stereocenters. The van der Waals surface area contributed by atoms with E-state index in [1.165, 1.54) is 11.3 Å². The van der Waals surface area contributed by atoms with Crippen LogP contribution in [0.25, 0.3) is 0 Å². The van der Waals surface area contributed by atoms with Gasteiger partial charge in [-0.2, -0.15) is 0 Å². The summed E-state index contributed by atoms with van der Waals surface area (Å²) in [5.74, 6) is -2.27. The SMILES string of the molecule is Cc1cccc(NC(=O)C(=O)NNC(=O)c2cccs2)c1. The molecule has 0 spiro atoms. The van der Waals surface area contributed by atoms with Crippen molar-refractivity contribution in [1.82, 2.24) is 10.9 Å². The predicted molar refractivity (Wildman–Crippen MR) is 79.7 cm³/mol. The van der Waals surface area contributed by atoms with Crippen LogP contribution in [0, 0.1) is 6.92 Å². The normalized spacial score (nSPS) is 9.76. The molecule has 0 aliphatic rings. The van der Waals surface area contributed by atoms with Gasteiger partial charge in [0, 0.05) is 5.69 Å². The van der Waals surface area contributed by atoms with E-state index in [-0.39, 0.29) is 0 Å². The molecule has 0 saturated heterocycles. The molecule has 3 amide bonds. The minimum Gasteiger partial charge on any atom is -0.318 e. The number of carbonyl (C=O) groups excluding carboxylic acids is 3. The molecule has 1 aromatic carbocycles. The first kappa shape index (κ1) is 14.7. The van der Waals surface area contributed by atoms with E-state index in [9.17, 15) is 14.4 Å². The number of nitrogens with one attached hydrogen (secondary N) is 3. The third-order valence-electron chi connectivity index (χ3n) is 2.52. The van der Waals surface area contributed by atoms with Crippen LogP contribution in [0.3, 0.4) is 0 Å². The Morgan fingerprint density at radius 3 is 2.48 bits per heavy atom. The number of hydrazine groups is 1. The lowest BCUT2D eigenvalue weighted by Crippen LogP contribution is -2.46. The summed E-state index contributed by atoms with van der Waals surface area (Å²) in [4.78, 5) is 35.3. The Balaban J connectivity index is 1.85. The number of hydrogen-bond donors (Lipinski definition) is 3. The number of carbonyl (C=O) groups is 3. The van der Waals surface area contributed by atoms with Gasteiger partial charge in [0.25, 0.3) is 5.91 Å². The Labute approximate surface area is 125 Å². The molecule has 0 saturated carbocycles. The van der Waals surface area contributed by atoms with Gasteiger partial charge in [-0.3, -0.25) is 25.2 Å². The predicted octanol–water partition coefficient (Wildman–Crippen LogP) is 1.46. The Kier molecular flexibility index (Phi) is 4.68. The maximum Gasteiger partial charge on any atom is 0.328 e. The largest absolute Gasteiger partial charge is 0.328 e. The highest BCUT2D eigenvalue weighted by Crippen LogP contribution is 2.09. The number of amides is 3. The summed E-state index contributed by atoms with van der Waals surface area (Å²) >= 11 is 1.23. The third-order valence-corrected chi connectivity index (χ3v) is 3.39. The van der Waals surface area contributed by atoms with Gasteiger partial charge in [0.15, 0.2) is 0 Å². The van der Waals surface area contributed by atoms with Crippen LogP contribution in [-0.2, 0) is 9.59 Å². The average molecular weight is 303 g/mol. The third kappa shape index (κ3) is 4.15. The van der Waals surface area contributed by atoms with Gasteiger partial charge in [0.05, 0.1) is 4.88 Å². The smallest absolute Gasteiger partial charge is 0.318 e. The highest BCUT2D eigenvalue weighted by Gasteiger charge is 2.15. The summed E-state index contributed by atoms with van der Waals surface area (Å²) < 4.78 is 0. The molecule has 0 bridgehead atoms. The molecule has 2 rings (SSSR count). The fraction of sp³-hybridized carbons (Fsp3) is 0.0714. The quantitative estimate of drug-likeness (QED) is 0.580. The lowest BCUT2D eigenvalue weighted by Gasteiger charge is -2.07. The maximum atomic E-state index is 11.7. The van der Waals surface area contributed by atoms with Crippen molar-refractivity contribution in [1.29, 1.82) is 0 Å². The standard InChI is InChI=1S/C14H13N3O3S/c1-9-4-2-5-10(8-9)15-13(19)14(20)17-16-12(18)11-6-3-7-21-11/h2-8H,1H3,(H,15,19)(H,16,18)(H,17,20). The van der Waals surface area contributed by atoms with Crippen molar-refractivity contribution in [2.45, 2.75) is 6.92 Å². The van der Waals surface area contributed by atoms with Crippen molar-refractivity contribution >= 4 is 34.7 Å². The maximum absolute atomic E-state index is 11.7. The molecular weight excluding hydrogens is 290 g/mol. The van der Waals surface area contributed by atoms with Gasteiger partial charge in [-0.1, -0.05) is 18.2 Å². The van der Waals surface area contributed by atoms with Crippen molar-refractivity contribution in [2.75, 3.05) is 5.32 Å². The van der Waals surface area contributed by atoms with Gasteiger partial charge in [-0.15, -0.1) is 11.3 Å². The molecule has 0 radical (unpaired) electrons. The summed E-state index contributed by atoms with van der Waals surface area (Å²) in [6, 6.07) is 10.4. The molecule has 2 aromatic rings. The van der Waals surface area contributed by atoms with Crippen LogP contribution in [0.4, 0.5) is 5.69 Å². The van der Waals surface area contributed by atoms with Crippen LogP contribution < -0.4 is 16.2 Å². The second-order valence-corrected chi connectivity index (χ2v) is 5.16. The zero-order valence-electron chi connectivity index (χ0n) is 11.2. The Morgan fingerprint density at radius 2 is 1.81 bits per heavy atom. The van der Waals surface area contributed by atoms with Crippen molar-refractivity contribution in [2.24, 2.45) is 0 Å². The van der Waals surface area contributed by atoms with Crippen LogP contribution in [0.5, 0.6) is 0 Å². The van der Waals surface area contributed by atoms with E-state index < -0.39 is 17.7 Å². The minimum absolute atomic E-state index is 0.439. The molecule has 3 N–H and O–H groups in total. The molecule has 0 aliphatic heterocycles. The number of aryl methyl sites for hydroxylation is 1. The molecule has 1 heterocycles. The number of thiophene rings is 1. The van der Waals surface area contributed by atoms with Gasteiger partial charge in [-0.05, 0) is 36.1 Å². The van der Waals surface area contributed by atoms with Gasteiger partial charge >= 0.3 is 11.8 Å². The molecule has 0 aliphatic carbocycles. The molecule has 1 aromatic heterocycles. The summed E-state index contributed by atoms with van der Waals surface area (Å²) in [5, 5.41) is 4.18. The Morgan fingerprint density at radius 1 is 1.00 bits per heavy atom. The highest BCUT2D eigenvalue weighted by molar-refractivity contribution is 7.12. The fourth-order valence-corrected chi connectivity index (χ4v) is 2.17. The fourth-order valence-electron chi connectivity index (χ4n) is 1.55. The van der Waals surface area contributed by atoms with Gasteiger partial charge in [-0.25, -0.2) is 0 Å². The van der Waals surface area contributed by atoms with Crippen LogP contribution in [0.2, 0.25) is 0 Å². The summed E-state index contributed by atoms with van der Waals surface area (Å²) in [7, 11) is 0. The van der Waals surface area contributed by atoms with Gasteiger partial charge in [0.1, 0.15) is 0 Å². The first-order valence-corrected chi connectivity index (χ1v) is 6.96. The van der Waals surface area contributed by atoms with Crippen LogP contribution >= 0.6 is 11.3 Å². The van der Waals surface area contributed by atoms with Crippen LogP contribution in [0.15, 0.2) is 41.8 Å². The van der Waals surface area contributed by atoms with E-state index in [1.807, 2.05) is 13.0 Å². The van der Waals surface area contributed by atoms with E-state index >= 15 is 0 Å². The van der Waals surface area contributed by atoms with E-state index in [0.717, 1.165) is 5.56 Å². The Hall–Kier alpha value is -2.67. The van der Waals surface area contributed by atoms with Crippen LogP contribution in [0.1, 0.15) is 15.2 Å². The second kappa shape index (κ2) is 6.67. The first-order valence-electron chi connectivity index (χ1n) is 6.08. The lowest BCUT2D eigenvalue weighted by molar-refractivity contribution is -0.136. The van der Waals surface area contributed by atoms with E-state index in [1.54, 1.807) is 35.7 Å². The van der Waals surface area contributed by atoms with Crippen LogP contribution in [-0.4, -0.2) is 17.7 Å². The molecule has 0 fully saturated rings. The average Bonchev–Trinajstić information content (AvgIpc) is 2.98. The van der Waals surface area contributed by atoms with E-state index in [2.05, 4.69) is 16.2 Å². The molecule has 108 valence electrons. The van der Waals surface area contributed by atoms with Gasteiger partial charge in [0.2, 0.25) is 0 Å². The van der Waals surface area contributed by atoms with Crippen molar-refractivity contribution < 1.29 is 14.4 Å². The van der Waals surface area contributed by atoms with E-state index in [4.69, 9.17) is 0 Å². The molecule has 7 heteroatoms. The summed E-state index contributed by atoms with van der Waals surface area (Å²) in [6.45, 7) is 1.87. The topological polar surface area (TPSA) is 87.3 Å². The first-order chi connectivity index (χ1) is 10.1. The number of rotatable bonds is 2. The molecule has 21 heavy (non-hydrogen) atoms. The van der Waals surface area contributed by atoms with E-state index in [0.29, 0.717) is 10.6 Å². The molecular formula is C14H13N3O3S. The van der Waals surface area contributed by atoms with Gasteiger partial charge < -0.3 is 5.32 Å².